The molecule has 1 unspecified atom stereocenters. The highest BCUT2D eigenvalue weighted by Gasteiger charge is 2.32. The van der Waals surface area contributed by atoms with Crippen molar-refractivity contribution in [2.45, 2.75) is 51.6 Å². The van der Waals surface area contributed by atoms with Crippen LogP contribution in [0.25, 0.3) is 0 Å². The molecule has 0 spiro atoms. The van der Waals surface area contributed by atoms with Crippen molar-refractivity contribution in [3.63, 3.8) is 0 Å². The molecule has 2 fully saturated rings. The molecular weight excluding hydrogens is 467 g/mol. The Morgan fingerprint density at radius 1 is 1.29 bits per heavy atom. The molecule has 1 atom stereocenters. The largest absolute Gasteiger partial charge is 0.497 e. The molecule has 156 valence electrons. The van der Waals surface area contributed by atoms with Gasteiger partial charge < -0.3 is 20.3 Å². The lowest BCUT2D eigenvalue weighted by atomic mass is 10.1. The second kappa shape index (κ2) is 11.5. The van der Waals surface area contributed by atoms with Gasteiger partial charge in [0.25, 0.3) is 0 Å². The van der Waals surface area contributed by atoms with Gasteiger partial charge in [0.05, 0.1) is 13.7 Å². The fraction of sp³-hybridized carbons (Fsp3) is 0.619. The number of methoxy groups -OCH3 is 1. The lowest BCUT2D eigenvalue weighted by molar-refractivity contribution is -0.134. The molecule has 1 saturated heterocycles. The van der Waals surface area contributed by atoms with Gasteiger partial charge in [-0.1, -0.05) is 25.0 Å². The summed E-state index contributed by atoms with van der Waals surface area (Å²) in [5, 5.41) is 6.82. The molecule has 2 N–H and O–H groups in total. The quantitative estimate of drug-likeness (QED) is 0.358. The maximum atomic E-state index is 12.6. The molecule has 1 aliphatic carbocycles. The first-order valence-electron chi connectivity index (χ1n) is 10.2. The van der Waals surface area contributed by atoms with E-state index < -0.39 is 0 Å². The standard InChI is InChI=1S/C21H32N4O2.HI/c1-3-22-21(23-14-16-7-6-10-19(13-16)27-2)24-18-11-12-25(15-18)20(26)17-8-4-5-9-17;/h6-7,10,13,17-18H,3-5,8-9,11-12,14-15H2,1-2H3,(H2,22,23,24);1H. The smallest absolute Gasteiger partial charge is 0.225 e. The van der Waals surface area contributed by atoms with Crippen LogP contribution in [0.5, 0.6) is 5.75 Å². The Morgan fingerprint density at radius 3 is 2.79 bits per heavy atom. The number of aliphatic imine (C=N–C) groups is 1. The van der Waals surface area contributed by atoms with Gasteiger partial charge >= 0.3 is 0 Å². The Hall–Kier alpha value is -1.51. The number of ether oxygens (including phenoxy) is 1. The highest BCUT2D eigenvalue weighted by Crippen LogP contribution is 2.27. The molecule has 28 heavy (non-hydrogen) atoms. The van der Waals surface area contributed by atoms with E-state index in [9.17, 15) is 4.79 Å². The molecule has 7 heteroatoms. The minimum absolute atomic E-state index is 0. The van der Waals surface area contributed by atoms with E-state index in [-0.39, 0.29) is 35.9 Å². The van der Waals surface area contributed by atoms with Crippen molar-refractivity contribution >= 4 is 35.8 Å². The summed E-state index contributed by atoms with van der Waals surface area (Å²) >= 11 is 0. The second-order valence-electron chi connectivity index (χ2n) is 7.44. The Balaban J connectivity index is 0.00000280. The lowest BCUT2D eigenvalue weighted by Crippen LogP contribution is -2.45. The first-order chi connectivity index (χ1) is 13.2. The SMILES string of the molecule is CCNC(=NCc1cccc(OC)c1)NC1CCN(C(=O)C2CCCC2)C1.I. The number of carbonyl (C=O) groups is 1. The van der Waals surface area contributed by atoms with Crippen molar-refractivity contribution in [1.29, 1.82) is 0 Å². The van der Waals surface area contributed by atoms with E-state index in [4.69, 9.17) is 9.73 Å². The number of hydrogen-bond donors (Lipinski definition) is 2. The van der Waals surface area contributed by atoms with E-state index in [1.807, 2.05) is 29.2 Å². The van der Waals surface area contributed by atoms with Crippen LogP contribution >= 0.6 is 24.0 Å². The monoisotopic (exact) mass is 500 g/mol. The summed E-state index contributed by atoms with van der Waals surface area (Å²) in [7, 11) is 1.67. The van der Waals surface area contributed by atoms with Gasteiger partial charge in [0, 0.05) is 31.6 Å². The first kappa shape index (κ1) is 22.8. The number of rotatable bonds is 6. The summed E-state index contributed by atoms with van der Waals surface area (Å²) in [6.07, 6.45) is 5.51. The van der Waals surface area contributed by atoms with Gasteiger partial charge in [-0.3, -0.25) is 4.79 Å². The molecule has 1 amide bonds. The van der Waals surface area contributed by atoms with Crippen molar-refractivity contribution in [3.05, 3.63) is 29.8 Å². The van der Waals surface area contributed by atoms with Crippen molar-refractivity contribution in [1.82, 2.24) is 15.5 Å². The summed E-state index contributed by atoms with van der Waals surface area (Å²) in [5.41, 5.74) is 1.11. The second-order valence-corrected chi connectivity index (χ2v) is 7.44. The molecular formula is C21H33IN4O2. The highest BCUT2D eigenvalue weighted by molar-refractivity contribution is 14.0. The maximum Gasteiger partial charge on any atom is 0.225 e. The van der Waals surface area contributed by atoms with Gasteiger partial charge in [-0.05, 0) is 43.9 Å². The third-order valence-electron chi connectivity index (χ3n) is 5.44. The van der Waals surface area contributed by atoms with Crippen LogP contribution < -0.4 is 15.4 Å². The average molecular weight is 500 g/mol. The van der Waals surface area contributed by atoms with Crippen LogP contribution in [0.15, 0.2) is 29.3 Å². The van der Waals surface area contributed by atoms with E-state index >= 15 is 0 Å². The van der Waals surface area contributed by atoms with Gasteiger partial charge in [0.1, 0.15) is 5.75 Å². The van der Waals surface area contributed by atoms with E-state index in [1.165, 1.54) is 12.8 Å². The zero-order chi connectivity index (χ0) is 19.1. The minimum Gasteiger partial charge on any atom is -0.497 e. The van der Waals surface area contributed by atoms with E-state index in [1.54, 1.807) is 7.11 Å². The molecule has 6 nitrogen and oxygen atoms in total. The normalized spacial score (nSPS) is 20.0. The van der Waals surface area contributed by atoms with Crippen LogP contribution in [0.4, 0.5) is 0 Å². The van der Waals surface area contributed by atoms with Crippen LogP contribution in [0.1, 0.15) is 44.6 Å². The third kappa shape index (κ3) is 6.25. The molecule has 0 bridgehead atoms. The number of guanidine groups is 1. The van der Waals surface area contributed by atoms with Gasteiger partial charge in [0.15, 0.2) is 5.96 Å². The van der Waals surface area contributed by atoms with E-state index in [0.29, 0.717) is 12.5 Å². The Bertz CT molecular complexity index is 662. The Kier molecular flexibility index (Phi) is 9.34. The third-order valence-corrected chi connectivity index (χ3v) is 5.44. The summed E-state index contributed by atoms with van der Waals surface area (Å²) in [5.74, 6) is 2.27. The average Bonchev–Trinajstić information content (AvgIpc) is 3.38. The van der Waals surface area contributed by atoms with Crippen LogP contribution in [0, 0.1) is 5.92 Å². The number of nitrogens with one attached hydrogen (secondary N) is 2. The van der Waals surface area contributed by atoms with E-state index in [2.05, 4.69) is 17.6 Å². The minimum atomic E-state index is 0. The molecule has 2 aliphatic rings. The summed E-state index contributed by atoms with van der Waals surface area (Å²) < 4.78 is 5.28. The molecule has 0 aromatic heterocycles. The fourth-order valence-electron chi connectivity index (χ4n) is 3.96. The molecule has 1 aromatic carbocycles. The Morgan fingerprint density at radius 2 is 2.07 bits per heavy atom. The number of carbonyl (C=O) groups excluding carboxylic acids is 1. The summed E-state index contributed by atoms with van der Waals surface area (Å²) in [6.45, 7) is 5.08. The van der Waals surface area contributed by atoms with Gasteiger partial charge in [-0.15, -0.1) is 24.0 Å². The number of amides is 1. The predicted molar refractivity (Wildman–Crippen MR) is 123 cm³/mol. The van der Waals surface area contributed by atoms with Crippen molar-refractivity contribution in [3.8, 4) is 5.75 Å². The predicted octanol–water partition coefficient (Wildman–Crippen LogP) is 3.16. The number of hydrogen-bond acceptors (Lipinski definition) is 3. The molecule has 1 aliphatic heterocycles. The number of likely N-dealkylation sites (tertiary alicyclic amines) is 1. The van der Waals surface area contributed by atoms with Gasteiger partial charge in [-0.2, -0.15) is 0 Å². The van der Waals surface area contributed by atoms with Crippen LogP contribution in [0.2, 0.25) is 0 Å². The topological polar surface area (TPSA) is 66.0 Å². The van der Waals surface area contributed by atoms with Crippen molar-refractivity contribution in [2.75, 3.05) is 26.7 Å². The zero-order valence-electron chi connectivity index (χ0n) is 16.9. The molecule has 1 heterocycles. The highest BCUT2D eigenvalue weighted by atomic mass is 127. The van der Waals surface area contributed by atoms with Crippen LogP contribution in [0.3, 0.4) is 0 Å². The molecule has 0 radical (unpaired) electrons. The maximum absolute atomic E-state index is 12.6. The number of benzene rings is 1. The lowest BCUT2D eigenvalue weighted by Gasteiger charge is -2.21. The Labute approximate surface area is 185 Å². The van der Waals surface area contributed by atoms with Crippen molar-refractivity contribution in [2.24, 2.45) is 10.9 Å². The summed E-state index contributed by atoms with van der Waals surface area (Å²) in [4.78, 5) is 19.4. The van der Waals surface area contributed by atoms with E-state index in [0.717, 1.165) is 56.2 Å². The first-order valence-corrected chi connectivity index (χ1v) is 10.2. The summed E-state index contributed by atoms with van der Waals surface area (Å²) in [6, 6.07) is 8.23. The van der Waals surface area contributed by atoms with Gasteiger partial charge in [0.2, 0.25) is 5.91 Å². The molecule has 1 saturated carbocycles. The van der Waals surface area contributed by atoms with Crippen molar-refractivity contribution < 1.29 is 9.53 Å². The van der Waals surface area contributed by atoms with Gasteiger partial charge in [-0.25, -0.2) is 4.99 Å². The van der Waals surface area contributed by atoms with Crippen LogP contribution in [-0.4, -0.2) is 49.6 Å². The molecule has 1 aromatic rings. The fourth-order valence-corrected chi connectivity index (χ4v) is 3.96. The van der Waals surface area contributed by atoms with Crippen LogP contribution in [-0.2, 0) is 11.3 Å². The number of halogens is 1. The molecule has 3 rings (SSSR count). The zero-order valence-corrected chi connectivity index (χ0v) is 19.3. The number of nitrogens with zero attached hydrogens (tertiary/aromatic N) is 2.